The highest BCUT2D eigenvalue weighted by molar-refractivity contribution is 6.30. The summed E-state index contributed by atoms with van der Waals surface area (Å²) in [5.41, 5.74) is 3.78. The Balaban J connectivity index is 1.28. The number of amides is 1. The zero-order valence-electron chi connectivity index (χ0n) is 18.2. The minimum atomic E-state index is -0.526. The minimum Gasteiger partial charge on any atom is -0.388 e. The first-order valence-corrected chi connectivity index (χ1v) is 11.0. The molecule has 0 bridgehead atoms. The monoisotopic (exact) mass is 441 g/mol. The summed E-state index contributed by atoms with van der Waals surface area (Å²) in [5, 5.41) is 9.31. The van der Waals surface area contributed by atoms with Crippen molar-refractivity contribution in [1.82, 2.24) is 5.06 Å². The molecule has 7 heteroatoms. The van der Waals surface area contributed by atoms with Gasteiger partial charge in [-0.1, -0.05) is 67.9 Å². The van der Waals surface area contributed by atoms with E-state index in [1.807, 2.05) is 0 Å². The van der Waals surface area contributed by atoms with E-state index >= 15 is 0 Å². The molecule has 1 saturated heterocycles. The maximum absolute atomic E-state index is 12.2. The van der Waals surface area contributed by atoms with Crippen molar-refractivity contribution in [3.05, 3.63) is 64.7 Å². The molecular weight excluding hydrogens is 414 g/mol. The molecule has 2 aromatic rings. The molecule has 2 aliphatic heterocycles. The van der Waals surface area contributed by atoms with Crippen molar-refractivity contribution < 1.29 is 14.5 Å². The quantitative estimate of drug-likeness (QED) is 0.657. The normalized spacial score (nSPS) is 18.4. The minimum absolute atomic E-state index is 0.125. The van der Waals surface area contributed by atoms with E-state index in [0.29, 0.717) is 23.8 Å². The van der Waals surface area contributed by atoms with Gasteiger partial charge < -0.3 is 9.68 Å². The second-order valence-corrected chi connectivity index (χ2v) is 9.70. The van der Waals surface area contributed by atoms with Crippen molar-refractivity contribution in [2.24, 2.45) is 5.16 Å². The third-order valence-corrected chi connectivity index (χ3v) is 6.08. The number of oxime groups is 1. The molecule has 164 valence electrons. The van der Waals surface area contributed by atoms with Gasteiger partial charge in [-0.15, -0.1) is 5.06 Å². The number of halogens is 1. The number of benzene rings is 2. The van der Waals surface area contributed by atoms with Crippen LogP contribution in [-0.2, 0) is 15.1 Å². The Morgan fingerprint density at radius 3 is 2.52 bits per heavy atom. The van der Waals surface area contributed by atoms with E-state index in [1.54, 1.807) is 29.3 Å². The van der Waals surface area contributed by atoms with Crippen molar-refractivity contribution in [2.45, 2.75) is 51.0 Å². The van der Waals surface area contributed by atoms with Gasteiger partial charge in [-0.05, 0) is 34.7 Å². The fraction of sp³-hybridized carbons (Fsp3) is 0.417. The average molecular weight is 442 g/mol. The van der Waals surface area contributed by atoms with Crippen LogP contribution in [0.25, 0.3) is 0 Å². The molecule has 4 rings (SSSR count). The third kappa shape index (κ3) is 5.20. The standard InChI is InChI=1S/C24H28ClN3O3/c1-23(2,3)18-9-7-17(8-10-18)21-16-24(31-27-21)11-13-28(14-12-24)30-22(29)26-20-6-4-5-19(25)15-20/h4-10,15H,11-14,16H2,1-3H3,(H,26,29). The molecular formula is C24H28ClN3O3. The fourth-order valence-corrected chi connectivity index (χ4v) is 4.11. The number of nitrogens with one attached hydrogen (secondary N) is 1. The molecule has 0 atom stereocenters. The summed E-state index contributed by atoms with van der Waals surface area (Å²) in [5.74, 6) is 0. The zero-order valence-corrected chi connectivity index (χ0v) is 18.9. The van der Waals surface area contributed by atoms with Crippen LogP contribution in [0.1, 0.15) is 51.2 Å². The van der Waals surface area contributed by atoms with E-state index in [1.165, 1.54) is 5.56 Å². The molecule has 0 unspecified atom stereocenters. The van der Waals surface area contributed by atoms with E-state index in [0.717, 1.165) is 30.5 Å². The van der Waals surface area contributed by atoms with E-state index in [2.05, 4.69) is 55.5 Å². The molecule has 1 spiro atoms. The third-order valence-electron chi connectivity index (χ3n) is 5.84. The highest BCUT2D eigenvalue weighted by atomic mass is 35.5. The van der Waals surface area contributed by atoms with Gasteiger partial charge in [0.15, 0.2) is 0 Å². The van der Waals surface area contributed by atoms with Crippen LogP contribution in [0, 0.1) is 0 Å². The van der Waals surface area contributed by atoms with Crippen LogP contribution in [0.5, 0.6) is 0 Å². The number of carbonyl (C=O) groups is 1. The molecule has 0 radical (unpaired) electrons. The van der Waals surface area contributed by atoms with Crippen molar-refractivity contribution in [3.63, 3.8) is 0 Å². The lowest BCUT2D eigenvalue weighted by Crippen LogP contribution is -2.45. The summed E-state index contributed by atoms with van der Waals surface area (Å²) < 4.78 is 0. The first kappa shape index (κ1) is 21.7. The number of anilines is 1. The maximum atomic E-state index is 12.2. The largest absolute Gasteiger partial charge is 0.430 e. The van der Waals surface area contributed by atoms with Gasteiger partial charge in [0.2, 0.25) is 0 Å². The Morgan fingerprint density at radius 2 is 1.87 bits per heavy atom. The van der Waals surface area contributed by atoms with Crippen LogP contribution in [0.3, 0.4) is 0 Å². The summed E-state index contributed by atoms with van der Waals surface area (Å²) in [4.78, 5) is 23.5. The van der Waals surface area contributed by atoms with Crippen LogP contribution in [-0.4, -0.2) is 35.6 Å². The molecule has 0 aromatic heterocycles. The van der Waals surface area contributed by atoms with Gasteiger partial charge in [-0.25, -0.2) is 4.79 Å². The molecule has 1 fully saturated rings. The number of hydrogen-bond donors (Lipinski definition) is 1. The lowest BCUT2D eigenvalue weighted by Gasteiger charge is -2.35. The van der Waals surface area contributed by atoms with Crippen molar-refractivity contribution >= 4 is 29.1 Å². The first-order chi connectivity index (χ1) is 14.7. The average Bonchev–Trinajstić information content (AvgIpc) is 3.13. The fourth-order valence-electron chi connectivity index (χ4n) is 3.92. The molecule has 0 aliphatic carbocycles. The molecule has 2 aromatic carbocycles. The highest BCUT2D eigenvalue weighted by Crippen LogP contribution is 2.36. The van der Waals surface area contributed by atoms with E-state index < -0.39 is 6.09 Å². The van der Waals surface area contributed by atoms with Gasteiger partial charge in [-0.3, -0.25) is 5.32 Å². The summed E-state index contributed by atoms with van der Waals surface area (Å²) in [6.07, 6.45) is 1.72. The number of piperidine rings is 1. The van der Waals surface area contributed by atoms with Gasteiger partial charge >= 0.3 is 6.09 Å². The van der Waals surface area contributed by atoms with E-state index in [9.17, 15) is 4.79 Å². The van der Waals surface area contributed by atoms with Crippen molar-refractivity contribution in [1.29, 1.82) is 0 Å². The molecule has 0 saturated carbocycles. The Hall–Kier alpha value is -2.57. The Labute approximate surface area is 188 Å². The van der Waals surface area contributed by atoms with Crippen molar-refractivity contribution in [3.8, 4) is 0 Å². The number of hydrogen-bond acceptors (Lipinski definition) is 5. The van der Waals surface area contributed by atoms with Crippen LogP contribution in [0.4, 0.5) is 10.5 Å². The predicted molar refractivity (Wildman–Crippen MR) is 122 cm³/mol. The SMILES string of the molecule is CC(C)(C)c1ccc(C2=NOC3(CCN(OC(=O)Nc4cccc(Cl)c4)CC3)C2)cc1. The Kier molecular flexibility index (Phi) is 5.95. The van der Waals surface area contributed by atoms with Crippen LogP contribution in [0.15, 0.2) is 53.7 Å². The van der Waals surface area contributed by atoms with Gasteiger partial charge in [0.1, 0.15) is 5.60 Å². The lowest BCUT2D eigenvalue weighted by atomic mass is 9.84. The smallest absolute Gasteiger partial charge is 0.388 e. The molecule has 1 amide bonds. The predicted octanol–water partition coefficient (Wildman–Crippen LogP) is 5.76. The number of hydroxylamine groups is 2. The van der Waals surface area contributed by atoms with Crippen LogP contribution in [0.2, 0.25) is 5.02 Å². The summed E-state index contributed by atoms with van der Waals surface area (Å²) in [6, 6.07) is 15.5. The first-order valence-electron chi connectivity index (χ1n) is 10.6. The Morgan fingerprint density at radius 1 is 1.16 bits per heavy atom. The Bertz CT molecular complexity index is 974. The number of nitrogens with zero attached hydrogens (tertiary/aromatic N) is 2. The van der Waals surface area contributed by atoms with Crippen molar-refractivity contribution in [2.75, 3.05) is 18.4 Å². The van der Waals surface area contributed by atoms with Gasteiger partial charge in [0, 0.05) is 43.1 Å². The van der Waals surface area contributed by atoms with Crippen LogP contribution >= 0.6 is 11.6 Å². The molecule has 31 heavy (non-hydrogen) atoms. The number of carbonyl (C=O) groups excluding carboxylic acids is 1. The molecule has 2 heterocycles. The molecule has 2 aliphatic rings. The van der Waals surface area contributed by atoms with Gasteiger partial charge in [-0.2, -0.15) is 0 Å². The second kappa shape index (κ2) is 8.52. The summed E-state index contributed by atoms with van der Waals surface area (Å²) in [6.45, 7) is 7.80. The molecule has 6 nitrogen and oxygen atoms in total. The topological polar surface area (TPSA) is 63.2 Å². The highest BCUT2D eigenvalue weighted by Gasteiger charge is 2.43. The van der Waals surface area contributed by atoms with Crippen LogP contribution < -0.4 is 5.32 Å². The van der Waals surface area contributed by atoms with Gasteiger partial charge in [0.05, 0.1) is 5.71 Å². The summed E-state index contributed by atoms with van der Waals surface area (Å²) >= 11 is 5.95. The second-order valence-electron chi connectivity index (χ2n) is 9.26. The lowest BCUT2D eigenvalue weighted by molar-refractivity contribution is -0.154. The molecule has 1 N–H and O–H groups in total. The van der Waals surface area contributed by atoms with E-state index in [4.69, 9.17) is 21.3 Å². The summed E-state index contributed by atoms with van der Waals surface area (Å²) in [7, 11) is 0. The zero-order chi connectivity index (χ0) is 22.1. The van der Waals surface area contributed by atoms with Gasteiger partial charge in [0.25, 0.3) is 0 Å². The maximum Gasteiger partial charge on any atom is 0.430 e. The van der Waals surface area contributed by atoms with E-state index in [-0.39, 0.29) is 11.0 Å². The number of rotatable bonds is 3.